The Hall–Kier alpha value is -1.69. The SMILES string of the molecule is CCO/C=C(\C(=O)OCC)C(=O)c1cc(C)c(Br)cc1F. The Labute approximate surface area is 131 Å². The van der Waals surface area contributed by atoms with Crippen LogP contribution in [-0.2, 0) is 14.3 Å². The number of carbonyl (C=O) groups is 2. The van der Waals surface area contributed by atoms with E-state index in [2.05, 4.69) is 15.9 Å². The molecule has 0 saturated heterocycles. The number of ketones is 1. The number of carbonyl (C=O) groups excluding carboxylic acids is 2. The average Bonchev–Trinajstić information content (AvgIpc) is 2.43. The summed E-state index contributed by atoms with van der Waals surface area (Å²) < 4.78 is 24.3. The molecule has 114 valence electrons. The summed E-state index contributed by atoms with van der Waals surface area (Å²) in [6.45, 7) is 5.42. The lowest BCUT2D eigenvalue weighted by Gasteiger charge is -2.09. The third-order valence-electron chi connectivity index (χ3n) is 2.60. The summed E-state index contributed by atoms with van der Waals surface area (Å²) in [7, 11) is 0. The number of esters is 1. The Balaban J connectivity index is 3.23. The predicted molar refractivity (Wildman–Crippen MR) is 79.5 cm³/mol. The van der Waals surface area contributed by atoms with E-state index >= 15 is 0 Å². The lowest BCUT2D eigenvalue weighted by Crippen LogP contribution is -2.18. The minimum absolute atomic E-state index is 0.109. The second-order valence-corrected chi connectivity index (χ2v) is 4.97. The van der Waals surface area contributed by atoms with Crippen molar-refractivity contribution < 1.29 is 23.5 Å². The molecular formula is C15H16BrFO4. The fourth-order valence-corrected chi connectivity index (χ4v) is 1.86. The van der Waals surface area contributed by atoms with E-state index in [0.717, 1.165) is 6.26 Å². The van der Waals surface area contributed by atoms with E-state index in [4.69, 9.17) is 9.47 Å². The minimum atomic E-state index is -0.837. The van der Waals surface area contributed by atoms with Gasteiger partial charge in [-0.3, -0.25) is 4.79 Å². The Kier molecular flexibility index (Phi) is 6.55. The van der Waals surface area contributed by atoms with Gasteiger partial charge in [-0.25, -0.2) is 9.18 Å². The monoisotopic (exact) mass is 358 g/mol. The molecule has 1 rings (SSSR count). The molecule has 0 aliphatic rings. The van der Waals surface area contributed by atoms with Crippen molar-refractivity contribution in [3.05, 3.63) is 45.4 Å². The molecule has 0 aliphatic carbocycles. The number of Topliss-reactive ketones (excluding diaryl/α,β-unsaturated/α-hetero) is 1. The van der Waals surface area contributed by atoms with Gasteiger partial charge in [0.15, 0.2) is 0 Å². The van der Waals surface area contributed by atoms with Gasteiger partial charge in [0, 0.05) is 4.47 Å². The lowest BCUT2D eigenvalue weighted by molar-refractivity contribution is -0.138. The third-order valence-corrected chi connectivity index (χ3v) is 3.46. The van der Waals surface area contributed by atoms with E-state index in [-0.39, 0.29) is 24.4 Å². The average molecular weight is 359 g/mol. The smallest absolute Gasteiger partial charge is 0.345 e. The van der Waals surface area contributed by atoms with Gasteiger partial charge >= 0.3 is 5.97 Å². The predicted octanol–water partition coefficient (Wildman–Crippen LogP) is 3.56. The highest BCUT2D eigenvalue weighted by atomic mass is 79.9. The Morgan fingerprint density at radius 3 is 2.52 bits per heavy atom. The molecule has 0 N–H and O–H groups in total. The highest BCUT2D eigenvalue weighted by Gasteiger charge is 2.25. The molecule has 0 bridgehead atoms. The van der Waals surface area contributed by atoms with Gasteiger partial charge in [0.1, 0.15) is 17.7 Å². The molecule has 1 aromatic carbocycles. The molecule has 1 aromatic rings. The van der Waals surface area contributed by atoms with Crippen LogP contribution < -0.4 is 0 Å². The molecule has 0 radical (unpaired) electrons. The van der Waals surface area contributed by atoms with Crippen molar-refractivity contribution >= 4 is 27.7 Å². The van der Waals surface area contributed by atoms with Gasteiger partial charge in [-0.15, -0.1) is 0 Å². The first-order valence-corrected chi connectivity index (χ1v) is 7.20. The first-order chi connectivity index (χ1) is 9.92. The number of aryl methyl sites for hydroxylation is 1. The van der Waals surface area contributed by atoms with Crippen molar-refractivity contribution in [2.45, 2.75) is 20.8 Å². The molecule has 0 fully saturated rings. The second-order valence-electron chi connectivity index (χ2n) is 4.12. The fourth-order valence-electron chi connectivity index (χ4n) is 1.55. The zero-order valence-corrected chi connectivity index (χ0v) is 13.6. The van der Waals surface area contributed by atoms with E-state index < -0.39 is 17.6 Å². The Morgan fingerprint density at radius 2 is 1.95 bits per heavy atom. The van der Waals surface area contributed by atoms with Gasteiger partial charge in [-0.1, -0.05) is 15.9 Å². The van der Waals surface area contributed by atoms with Crippen LogP contribution in [0.15, 0.2) is 28.4 Å². The van der Waals surface area contributed by atoms with E-state index in [1.54, 1.807) is 20.8 Å². The van der Waals surface area contributed by atoms with Gasteiger partial charge in [-0.05, 0) is 38.5 Å². The van der Waals surface area contributed by atoms with E-state index in [1.807, 2.05) is 0 Å². The highest BCUT2D eigenvalue weighted by Crippen LogP contribution is 2.23. The summed E-state index contributed by atoms with van der Waals surface area (Å²) in [4.78, 5) is 24.2. The van der Waals surface area contributed by atoms with E-state index in [0.29, 0.717) is 10.0 Å². The number of hydrogen-bond donors (Lipinski definition) is 0. The van der Waals surface area contributed by atoms with E-state index in [1.165, 1.54) is 12.1 Å². The molecule has 0 saturated carbocycles. The standard InChI is InChI=1S/C15H16BrFO4/c1-4-20-8-11(15(19)21-5-2)14(18)10-6-9(3)12(16)7-13(10)17/h6-8H,4-5H2,1-3H3/b11-8-. The molecule has 0 amide bonds. The minimum Gasteiger partial charge on any atom is -0.500 e. The highest BCUT2D eigenvalue weighted by molar-refractivity contribution is 9.10. The summed E-state index contributed by atoms with van der Waals surface area (Å²) in [5.41, 5.74) is 0.147. The summed E-state index contributed by atoms with van der Waals surface area (Å²) in [5.74, 6) is -2.32. The topological polar surface area (TPSA) is 52.6 Å². The summed E-state index contributed by atoms with van der Waals surface area (Å²) in [5, 5.41) is 0. The maximum absolute atomic E-state index is 13.9. The van der Waals surface area contributed by atoms with Crippen LogP contribution in [0.2, 0.25) is 0 Å². The number of benzene rings is 1. The van der Waals surface area contributed by atoms with Crippen LogP contribution in [0.4, 0.5) is 4.39 Å². The number of ether oxygens (including phenoxy) is 2. The lowest BCUT2D eigenvalue weighted by atomic mass is 10.0. The second kappa shape index (κ2) is 7.93. The van der Waals surface area contributed by atoms with Gasteiger partial charge in [-0.2, -0.15) is 0 Å². The summed E-state index contributed by atoms with van der Waals surface area (Å²) >= 11 is 3.18. The maximum atomic E-state index is 13.9. The molecule has 0 aromatic heterocycles. The van der Waals surface area contributed by atoms with Crippen LogP contribution in [0.1, 0.15) is 29.8 Å². The van der Waals surface area contributed by atoms with E-state index in [9.17, 15) is 14.0 Å². The van der Waals surface area contributed by atoms with Crippen LogP contribution in [-0.4, -0.2) is 25.0 Å². The maximum Gasteiger partial charge on any atom is 0.345 e. The van der Waals surface area contributed by atoms with Gasteiger partial charge in [0.05, 0.1) is 18.8 Å². The third kappa shape index (κ3) is 4.39. The van der Waals surface area contributed by atoms with Crippen molar-refractivity contribution in [2.24, 2.45) is 0 Å². The molecule has 4 nitrogen and oxygen atoms in total. The fraction of sp³-hybridized carbons (Fsp3) is 0.333. The normalized spacial score (nSPS) is 11.2. The number of rotatable bonds is 6. The largest absolute Gasteiger partial charge is 0.500 e. The van der Waals surface area contributed by atoms with Crippen molar-refractivity contribution in [2.75, 3.05) is 13.2 Å². The van der Waals surface area contributed by atoms with Gasteiger partial charge < -0.3 is 9.47 Å². The van der Waals surface area contributed by atoms with Gasteiger partial charge in [0.2, 0.25) is 5.78 Å². The Bertz CT molecular complexity index is 581. The van der Waals surface area contributed by atoms with Crippen molar-refractivity contribution in [3.8, 4) is 0 Å². The van der Waals surface area contributed by atoms with Crippen LogP contribution in [0.5, 0.6) is 0 Å². The molecule has 0 unspecified atom stereocenters. The molecule has 0 aliphatic heterocycles. The quantitative estimate of drug-likeness (QED) is 0.195. The molecule has 0 spiro atoms. The molecule has 6 heteroatoms. The van der Waals surface area contributed by atoms with Gasteiger partial charge in [0.25, 0.3) is 0 Å². The number of halogens is 2. The van der Waals surface area contributed by atoms with Crippen LogP contribution in [0, 0.1) is 12.7 Å². The Morgan fingerprint density at radius 1 is 1.29 bits per heavy atom. The summed E-state index contributed by atoms with van der Waals surface area (Å²) in [6, 6.07) is 2.56. The zero-order valence-electron chi connectivity index (χ0n) is 12.0. The van der Waals surface area contributed by atoms with Crippen molar-refractivity contribution in [3.63, 3.8) is 0 Å². The van der Waals surface area contributed by atoms with Crippen LogP contribution in [0.25, 0.3) is 0 Å². The molecule has 0 atom stereocenters. The van der Waals surface area contributed by atoms with Crippen LogP contribution >= 0.6 is 15.9 Å². The van der Waals surface area contributed by atoms with Crippen LogP contribution in [0.3, 0.4) is 0 Å². The first kappa shape index (κ1) is 17.4. The molecule has 21 heavy (non-hydrogen) atoms. The summed E-state index contributed by atoms with van der Waals surface area (Å²) in [6.07, 6.45) is 1.01. The molecular weight excluding hydrogens is 343 g/mol. The first-order valence-electron chi connectivity index (χ1n) is 6.41. The van der Waals surface area contributed by atoms with Crippen molar-refractivity contribution in [1.82, 2.24) is 0 Å². The number of hydrogen-bond acceptors (Lipinski definition) is 4. The zero-order chi connectivity index (χ0) is 16.0. The van der Waals surface area contributed by atoms with Crippen molar-refractivity contribution in [1.29, 1.82) is 0 Å². The molecule has 0 heterocycles.